The van der Waals surface area contributed by atoms with Crippen molar-refractivity contribution in [1.29, 1.82) is 0 Å². The molecule has 9 nitrogen and oxygen atoms in total. The summed E-state index contributed by atoms with van der Waals surface area (Å²) >= 11 is -7.52. The molecule has 3 unspecified atom stereocenters. The van der Waals surface area contributed by atoms with Gasteiger partial charge in [0.05, 0.1) is 0 Å². The van der Waals surface area contributed by atoms with E-state index in [1.807, 2.05) is 0 Å². The van der Waals surface area contributed by atoms with Crippen LogP contribution in [0.4, 0.5) is 0 Å². The normalized spacial score (nSPS) is 26.8. The minimum Gasteiger partial charge on any atom is -0.760 e. The summed E-state index contributed by atoms with van der Waals surface area (Å²) in [6.07, 6.45) is 0. The minimum atomic E-state index is -2.51. The van der Waals surface area contributed by atoms with Crippen molar-refractivity contribution in [3.8, 4) is 0 Å². The van der Waals surface area contributed by atoms with Crippen molar-refractivity contribution in [3.05, 3.63) is 0 Å². The summed E-state index contributed by atoms with van der Waals surface area (Å²) in [6, 6.07) is 0. The van der Waals surface area contributed by atoms with Crippen molar-refractivity contribution in [3.63, 3.8) is 0 Å². The van der Waals surface area contributed by atoms with E-state index in [4.69, 9.17) is 0 Å². The van der Waals surface area contributed by atoms with Gasteiger partial charge in [0.2, 0.25) is 0 Å². The summed E-state index contributed by atoms with van der Waals surface area (Å²) in [7, 11) is 0. The number of nitrogens with zero attached hydrogens (tertiary/aromatic N) is 3. The van der Waals surface area contributed by atoms with Gasteiger partial charge in [-0.2, -0.15) is 0 Å². The van der Waals surface area contributed by atoms with Crippen LogP contribution in [-0.2, 0) is 33.8 Å². The smallest absolute Gasteiger partial charge is 0.0240 e. The molecule has 0 aromatic carbocycles. The Kier molecular flexibility index (Phi) is 6.97. The molecule has 0 aromatic rings. The molecular weight excluding hydrogens is 306 g/mol. The predicted octanol–water partition coefficient (Wildman–Crippen LogP) is -2.71. The fraction of sp³-hybridized carbons (Fsp3) is 1.00. The molecule has 12 heteroatoms. The van der Waals surface area contributed by atoms with E-state index in [0.29, 0.717) is 0 Å². The van der Waals surface area contributed by atoms with Gasteiger partial charge in [-0.25, -0.2) is 12.9 Å². The maximum atomic E-state index is 10.9. The molecule has 0 N–H and O–H groups in total. The van der Waals surface area contributed by atoms with Crippen LogP contribution in [0.5, 0.6) is 0 Å². The van der Waals surface area contributed by atoms with Crippen molar-refractivity contribution in [2.45, 2.75) is 0 Å². The molecule has 108 valence electrons. The highest BCUT2D eigenvalue weighted by atomic mass is 32.2. The summed E-state index contributed by atoms with van der Waals surface area (Å²) in [5.74, 6) is 0. The quantitative estimate of drug-likeness (QED) is 0.520. The Balaban J connectivity index is 2.77. The van der Waals surface area contributed by atoms with Crippen molar-refractivity contribution >= 4 is 33.8 Å². The lowest BCUT2D eigenvalue weighted by molar-refractivity contribution is 0.346. The molecule has 0 amide bonds. The topological polar surface area (TPSA) is 130 Å². The molecule has 0 aliphatic carbocycles. The van der Waals surface area contributed by atoms with E-state index in [1.165, 1.54) is 0 Å². The van der Waals surface area contributed by atoms with Crippen LogP contribution in [0.1, 0.15) is 0 Å². The van der Waals surface area contributed by atoms with E-state index < -0.39 is 33.8 Å². The van der Waals surface area contributed by atoms with Crippen LogP contribution in [0.15, 0.2) is 0 Å². The second-order valence-electron chi connectivity index (χ2n) is 3.44. The molecule has 0 spiro atoms. The summed E-state index contributed by atoms with van der Waals surface area (Å²) < 4.78 is 68.2. The molecule has 0 aromatic heterocycles. The average Bonchev–Trinajstić information content (AvgIpc) is 2.37. The number of rotatable bonds is 3. The van der Waals surface area contributed by atoms with Crippen molar-refractivity contribution in [2.24, 2.45) is 0 Å². The molecule has 1 heterocycles. The molecule has 18 heavy (non-hydrogen) atoms. The van der Waals surface area contributed by atoms with E-state index in [2.05, 4.69) is 0 Å². The lowest BCUT2D eigenvalue weighted by Crippen LogP contribution is -2.37. The largest absolute Gasteiger partial charge is 0.760 e. The van der Waals surface area contributed by atoms with Crippen LogP contribution in [0.25, 0.3) is 0 Å². The Morgan fingerprint density at radius 1 is 0.556 bits per heavy atom. The van der Waals surface area contributed by atoms with Crippen LogP contribution >= 0.6 is 0 Å². The molecule has 1 rings (SSSR count). The lowest BCUT2D eigenvalue weighted by Gasteiger charge is -2.27. The zero-order valence-electron chi connectivity index (χ0n) is 9.26. The highest BCUT2D eigenvalue weighted by Crippen LogP contribution is 2.04. The third-order valence-corrected chi connectivity index (χ3v) is 4.79. The predicted molar refractivity (Wildman–Crippen MR) is 61.5 cm³/mol. The van der Waals surface area contributed by atoms with Crippen molar-refractivity contribution < 1.29 is 26.3 Å². The van der Waals surface area contributed by atoms with Crippen molar-refractivity contribution in [1.82, 2.24) is 12.9 Å². The first-order valence-corrected chi connectivity index (χ1v) is 8.04. The lowest BCUT2D eigenvalue weighted by atomic mass is 10.5. The third-order valence-electron chi connectivity index (χ3n) is 2.43. The zero-order chi connectivity index (χ0) is 13.7. The summed E-state index contributed by atoms with van der Waals surface area (Å²) in [5, 5.41) is 0. The molecule has 3 atom stereocenters. The SMILES string of the molecule is O=S([O-])N1CCN(S(=O)[O-])CCN(S(=O)[O-])CC1. The fourth-order valence-electron chi connectivity index (χ4n) is 1.45. The first-order chi connectivity index (χ1) is 8.41. The van der Waals surface area contributed by atoms with Crippen LogP contribution in [-0.4, -0.2) is 78.5 Å². The van der Waals surface area contributed by atoms with Gasteiger partial charge in [-0.3, -0.25) is 12.6 Å². The highest BCUT2D eigenvalue weighted by molar-refractivity contribution is 7.77. The summed E-state index contributed by atoms with van der Waals surface area (Å²) in [4.78, 5) is 0. The zero-order valence-corrected chi connectivity index (χ0v) is 11.7. The molecule has 0 bridgehead atoms. The Hall–Kier alpha value is 0.210. The van der Waals surface area contributed by atoms with Gasteiger partial charge in [0, 0.05) is 73.1 Å². The van der Waals surface area contributed by atoms with E-state index in [0.717, 1.165) is 12.9 Å². The summed E-state index contributed by atoms with van der Waals surface area (Å²) in [6.45, 7) is 0.0204. The van der Waals surface area contributed by atoms with Gasteiger partial charge < -0.3 is 13.7 Å². The second-order valence-corrected chi connectivity index (χ2v) is 6.29. The van der Waals surface area contributed by atoms with E-state index >= 15 is 0 Å². The summed E-state index contributed by atoms with van der Waals surface area (Å²) in [5.41, 5.74) is 0. The molecule has 1 saturated heterocycles. The first kappa shape index (κ1) is 16.3. The second kappa shape index (κ2) is 7.72. The first-order valence-electron chi connectivity index (χ1n) is 4.95. The Morgan fingerprint density at radius 3 is 0.833 bits per heavy atom. The van der Waals surface area contributed by atoms with E-state index in [9.17, 15) is 26.3 Å². The number of hydrogen-bond acceptors (Lipinski definition) is 6. The van der Waals surface area contributed by atoms with Gasteiger partial charge >= 0.3 is 0 Å². The fourth-order valence-corrected chi connectivity index (χ4v) is 2.84. The van der Waals surface area contributed by atoms with Crippen LogP contribution in [0, 0.1) is 0 Å². The maximum Gasteiger partial charge on any atom is 0.0240 e. The van der Waals surface area contributed by atoms with Crippen LogP contribution in [0.2, 0.25) is 0 Å². The molecule has 1 aliphatic heterocycles. The maximum absolute atomic E-state index is 10.9. The molecule has 0 saturated carbocycles. The van der Waals surface area contributed by atoms with E-state index in [-0.39, 0.29) is 39.3 Å². The molecule has 1 aliphatic rings. The minimum absolute atomic E-state index is 0.00340. The highest BCUT2D eigenvalue weighted by Gasteiger charge is 2.17. The van der Waals surface area contributed by atoms with Gasteiger partial charge in [-0.15, -0.1) is 0 Å². The van der Waals surface area contributed by atoms with Gasteiger partial charge in [0.1, 0.15) is 0 Å². The Bertz CT molecular complexity index is 291. The molecule has 0 radical (unpaired) electrons. The average molecular weight is 318 g/mol. The van der Waals surface area contributed by atoms with Crippen molar-refractivity contribution in [2.75, 3.05) is 39.3 Å². The van der Waals surface area contributed by atoms with Gasteiger partial charge in [-0.05, 0) is 0 Å². The third kappa shape index (κ3) is 5.07. The van der Waals surface area contributed by atoms with Gasteiger partial charge in [-0.1, -0.05) is 0 Å². The van der Waals surface area contributed by atoms with Gasteiger partial charge in [0.15, 0.2) is 0 Å². The molecular formula is C6H12N3O6S3-3. The van der Waals surface area contributed by atoms with Gasteiger partial charge in [0.25, 0.3) is 0 Å². The van der Waals surface area contributed by atoms with Crippen LogP contribution in [0.3, 0.4) is 0 Å². The number of hydrogen-bond donors (Lipinski definition) is 0. The van der Waals surface area contributed by atoms with E-state index in [1.54, 1.807) is 0 Å². The van der Waals surface area contributed by atoms with Crippen LogP contribution < -0.4 is 0 Å². The Labute approximate surface area is 112 Å². The molecule has 1 fully saturated rings. The monoisotopic (exact) mass is 318 g/mol. The standard InChI is InChI=1S/C6H15N3O6S3/c10-16(11)7-1-2-8(17(12)13)5-6-9(4-3-7)18(14)15/h1-6H2,(H,10,11)(H,12,13)(H,14,15)/p-3. The Morgan fingerprint density at radius 2 is 0.722 bits per heavy atom.